The molecule has 0 bridgehead atoms. The fraction of sp³-hybridized carbons (Fsp3) is 0.222. The molecule has 0 aliphatic heterocycles. The molecule has 2 N–H and O–H groups in total. The summed E-state index contributed by atoms with van der Waals surface area (Å²) in [7, 11) is -8.54. The molecule has 1 aliphatic rings. The lowest BCUT2D eigenvalue weighted by atomic mass is 10.2. The maximum absolute atomic E-state index is 12.8. The lowest BCUT2D eigenvalue weighted by Gasteiger charge is -2.09. The first-order valence-electron chi connectivity index (χ1n) is 9.22. The maximum atomic E-state index is 12.8. The third-order valence-corrected chi connectivity index (χ3v) is 9.11. The largest absolute Gasteiger partial charge is 0.416 e. The standard InChI is InChI=1S/C18H14ClF3N4O5S2/c19-15-8-7-13(33(30,31)25-32(28,29)12-5-6-12)9-14(15)16-23-17(27)26(24-16)11-3-1-10(2-4-11)18(20,21)22/h1-4,7-9,12,25H,5-6H2,(H,23,24,27). The summed E-state index contributed by atoms with van der Waals surface area (Å²) in [6.45, 7) is 0. The van der Waals surface area contributed by atoms with Crippen molar-refractivity contribution in [2.45, 2.75) is 29.2 Å². The number of nitrogens with one attached hydrogen (secondary N) is 2. The van der Waals surface area contributed by atoms with E-state index in [-0.39, 0.29) is 22.1 Å². The van der Waals surface area contributed by atoms with E-state index in [1.165, 1.54) is 6.07 Å². The van der Waals surface area contributed by atoms with Gasteiger partial charge < -0.3 is 0 Å². The third-order valence-electron chi connectivity index (χ3n) is 4.75. The van der Waals surface area contributed by atoms with E-state index in [1.54, 1.807) is 4.13 Å². The van der Waals surface area contributed by atoms with E-state index in [4.69, 9.17) is 11.6 Å². The summed E-state index contributed by atoms with van der Waals surface area (Å²) in [6, 6.07) is 6.95. The second kappa shape index (κ2) is 7.97. The molecule has 1 saturated carbocycles. The zero-order chi connectivity index (χ0) is 24.2. The van der Waals surface area contributed by atoms with Gasteiger partial charge in [-0.3, -0.25) is 4.98 Å². The molecule has 4 rings (SSSR count). The highest BCUT2D eigenvalue weighted by atomic mass is 35.5. The Hall–Kier alpha value is -2.68. The van der Waals surface area contributed by atoms with E-state index in [9.17, 15) is 34.8 Å². The first-order valence-corrected chi connectivity index (χ1v) is 12.6. The minimum Gasteiger partial charge on any atom is -0.288 e. The highest BCUT2D eigenvalue weighted by molar-refractivity contribution is 8.05. The minimum absolute atomic E-state index is 0.00711. The van der Waals surface area contributed by atoms with Crippen molar-refractivity contribution in [3.8, 4) is 17.1 Å². The maximum Gasteiger partial charge on any atom is 0.416 e. The Bertz CT molecular complexity index is 1490. The fourth-order valence-electron chi connectivity index (χ4n) is 2.91. The normalized spacial score (nSPS) is 15.0. The second-order valence-corrected chi connectivity index (χ2v) is 11.5. The van der Waals surface area contributed by atoms with Crippen molar-refractivity contribution in [2.24, 2.45) is 0 Å². The van der Waals surface area contributed by atoms with Crippen LogP contribution in [0.25, 0.3) is 17.1 Å². The van der Waals surface area contributed by atoms with Crippen LogP contribution in [0.5, 0.6) is 0 Å². The first-order chi connectivity index (χ1) is 15.3. The molecule has 0 atom stereocenters. The van der Waals surface area contributed by atoms with Crippen molar-refractivity contribution < 1.29 is 30.0 Å². The molecule has 1 aliphatic carbocycles. The topological polar surface area (TPSA) is 131 Å². The van der Waals surface area contributed by atoms with Crippen molar-refractivity contribution in [3.63, 3.8) is 0 Å². The van der Waals surface area contributed by atoms with Crippen LogP contribution in [0, 0.1) is 0 Å². The van der Waals surface area contributed by atoms with Gasteiger partial charge in [0.25, 0.3) is 10.0 Å². The van der Waals surface area contributed by atoms with Gasteiger partial charge >= 0.3 is 11.9 Å². The quantitative estimate of drug-likeness (QED) is 0.512. The molecule has 0 radical (unpaired) electrons. The predicted octanol–water partition coefficient (Wildman–Crippen LogP) is 2.67. The number of rotatable bonds is 6. The van der Waals surface area contributed by atoms with Gasteiger partial charge in [-0.2, -0.15) is 17.9 Å². The number of halogens is 4. The van der Waals surface area contributed by atoms with Gasteiger partial charge in [-0.1, -0.05) is 11.6 Å². The molecule has 3 aromatic rings. The molecule has 0 spiro atoms. The molecule has 176 valence electrons. The van der Waals surface area contributed by atoms with Crippen molar-refractivity contribution >= 4 is 31.6 Å². The molecule has 0 amide bonds. The number of benzene rings is 2. The van der Waals surface area contributed by atoms with Crippen LogP contribution < -0.4 is 9.82 Å². The molecule has 33 heavy (non-hydrogen) atoms. The number of H-pyrrole nitrogens is 1. The van der Waals surface area contributed by atoms with Gasteiger partial charge in [0, 0.05) is 5.56 Å². The van der Waals surface area contributed by atoms with Gasteiger partial charge in [-0.05, 0) is 55.3 Å². The second-order valence-electron chi connectivity index (χ2n) is 7.21. The lowest BCUT2D eigenvalue weighted by molar-refractivity contribution is -0.137. The van der Waals surface area contributed by atoms with Crippen molar-refractivity contribution in [2.75, 3.05) is 0 Å². The summed E-state index contributed by atoms with van der Waals surface area (Å²) in [5.74, 6) is -0.174. The van der Waals surface area contributed by atoms with Crippen molar-refractivity contribution in [1.29, 1.82) is 0 Å². The number of nitrogens with zero attached hydrogens (tertiary/aromatic N) is 2. The Balaban J connectivity index is 1.70. The van der Waals surface area contributed by atoms with Gasteiger partial charge in [-0.15, -0.1) is 9.23 Å². The van der Waals surface area contributed by atoms with E-state index in [0.717, 1.165) is 41.1 Å². The van der Waals surface area contributed by atoms with Crippen LogP contribution in [-0.4, -0.2) is 36.8 Å². The van der Waals surface area contributed by atoms with E-state index in [0.29, 0.717) is 12.8 Å². The summed E-state index contributed by atoms with van der Waals surface area (Å²) in [6.07, 6.45) is -3.83. The van der Waals surface area contributed by atoms with Crippen LogP contribution in [-0.2, 0) is 26.2 Å². The summed E-state index contributed by atoms with van der Waals surface area (Å²) in [5.41, 5.74) is -1.74. The molecule has 2 aromatic carbocycles. The molecule has 0 unspecified atom stereocenters. The third kappa shape index (κ3) is 4.83. The molecular weight excluding hydrogens is 509 g/mol. The van der Waals surface area contributed by atoms with E-state index < -0.39 is 47.6 Å². The molecule has 15 heteroatoms. The molecule has 1 heterocycles. The molecular formula is C18H14ClF3N4O5S2. The zero-order valence-electron chi connectivity index (χ0n) is 16.3. The summed E-state index contributed by atoms with van der Waals surface area (Å²) in [4.78, 5) is 14.3. The Labute approximate surface area is 190 Å². The fourth-order valence-corrected chi connectivity index (χ4v) is 6.55. The smallest absolute Gasteiger partial charge is 0.288 e. The van der Waals surface area contributed by atoms with Crippen LogP contribution in [0.4, 0.5) is 13.2 Å². The molecule has 1 aromatic heterocycles. The van der Waals surface area contributed by atoms with Crippen LogP contribution in [0.1, 0.15) is 18.4 Å². The number of sulfonamides is 2. The van der Waals surface area contributed by atoms with Crippen molar-refractivity contribution in [1.82, 2.24) is 18.9 Å². The van der Waals surface area contributed by atoms with Crippen LogP contribution in [0.3, 0.4) is 0 Å². The number of aromatic nitrogens is 3. The average Bonchev–Trinajstić information content (AvgIpc) is 3.50. The van der Waals surface area contributed by atoms with E-state index >= 15 is 0 Å². The lowest BCUT2D eigenvalue weighted by Crippen LogP contribution is -2.33. The van der Waals surface area contributed by atoms with E-state index in [1.807, 2.05) is 0 Å². The van der Waals surface area contributed by atoms with Gasteiger partial charge in [0.15, 0.2) is 5.82 Å². The molecule has 9 nitrogen and oxygen atoms in total. The van der Waals surface area contributed by atoms with Gasteiger partial charge in [0.2, 0.25) is 10.0 Å². The van der Waals surface area contributed by atoms with Crippen LogP contribution >= 0.6 is 11.6 Å². The van der Waals surface area contributed by atoms with Crippen LogP contribution in [0.2, 0.25) is 5.02 Å². The Morgan fingerprint density at radius 3 is 2.27 bits per heavy atom. The minimum atomic E-state index is -4.55. The van der Waals surface area contributed by atoms with Crippen molar-refractivity contribution in [3.05, 3.63) is 63.5 Å². The number of alkyl halides is 3. The SMILES string of the molecule is O=c1[nH]c(-c2cc(S(=O)(=O)NS(=O)(=O)C3CC3)ccc2Cl)nn1-c1ccc(C(F)(F)F)cc1. The Kier molecular flexibility index (Phi) is 5.67. The summed E-state index contributed by atoms with van der Waals surface area (Å²) in [5, 5.41) is 3.21. The number of hydrogen-bond acceptors (Lipinski definition) is 6. The highest BCUT2D eigenvalue weighted by Crippen LogP contribution is 2.31. The van der Waals surface area contributed by atoms with Gasteiger partial charge in [0.1, 0.15) is 0 Å². The Morgan fingerprint density at radius 2 is 1.70 bits per heavy atom. The number of hydrogen-bond donors (Lipinski definition) is 2. The van der Waals surface area contributed by atoms with Gasteiger partial charge in [-0.25, -0.2) is 21.6 Å². The zero-order valence-corrected chi connectivity index (χ0v) is 18.7. The highest BCUT2D eigenvalue weighted by Gasteiger charge is 2.39. The predicted molar refractivity (Wildman–Crippen MR) is 112 cm³/mol. The first kappa shape index (κ1) is 23.5. The summed E-state index contributed by atoms with van der Waals surface area (Å²) >= 11 is 6.12. The van der Waals surface area contributed by atoms with Gasteiger partial charge in [0.05, 0.1) is 26.4 Å². The van der Waals surface area contributed by atoms with Crippen LogP contribution in [0.15, 0.2) is 52.2 Å². The summed E-state index contributed by atoms with van der Waals surface area (Å²) < 4.78 is 89.9. The Morgan fingerprint density at radius 1 is 1.06 bits per heavy atom. The van der Waals surface area contributed by atoms with E-state index in [2.05, 4.69) is 10.1 Å². The molecule has 1 fully saturated rings. The average molecular weight is 523 g/mol. The number of aromatic amines is 1. The monoisotopic (exact) mass is 522 g/mol. The molecule has 0 saturated heterocycles.